The van der Waals surface area contributed by atoms with Gasteiger partial charge in [0.25, 0.3) is 5.91 Å². The lowest BCUT2D eigenvalue weighted by atomic mass is 9.59. The van der Waals surface area contributed by atoms with E-state index in [-0.39, 0.29) is 36.2 Å². The second-order valence-corrected chi connectivity index (χ2v) is 9.43. The first-order chi connectivity index (χ1) is 15.5. The lowest BCUT2D eigenvalue weighted by Gasteiger charge is -2.46. The molecule has 1 unspecified atom stereocenters. The maximum Gasteiger partial charge on any atom is 0.289 e. The molecule has 4 aliphatic rings. The Kier molecular flexibility index (Phi) is 5.31. The maximum absolute atomic E-state index is 12.9. The van der Waals surface area contributed by atoms with Gasteiger partial charge in [-0.1, -0.05) is 0 Å². The van der Waals surface area contributed by atoms with E-state index in [1.54, 1.807) is 31.6 Å². The van der Waals surface area contributed by atoms with Crippen LogP contribution in [0.15, 0.2) is 24.5 Å². The molecule has 2 amide bonds. The topological polar surface area (TPSA) is 97.3 Å². The van der Waals surface area contributed by atoms with Crippen molar-refractivity contribution in [2.24, 2.45) is 11.8 Å². The third-order valence-corrected chi connectivity index (χ3v) is 7.47. The highest BCUT2D eigenvalue weighted by molar-refractivity contribution is 5.96. The zero-order valence-electron chi connectivity index (χ0n) is 18.6. The summed E-state index contributed by atoms with van der Waals surface area (Å²) in [4.78, 5) is 40.6. The van der Waals surface area contributed by atoms with Crippen molar-refractivity contribution in [3.63, 3.8) is 0 Å². The number of aryl methyl sites for hydroxylation is 1. The molecule has 2 bridgehead atoms. The molecule has 0 radical (unpaired) electrons. The van der Waals surface area contributed by atoms with Gasteiger partial charge in [0.15, 0.2) is 11.6 Å². The Hall–Kier alpha value is -3.03. The predicted octanol–water partition coefficient (Wildman–Crippen LogP) is 2.80. The molecular formula is C24H29N5O3. The van der Waals surface area contributed by atoms with E-state index in [4.69, 9.17) is 9.72 Å². The Bertz CT molecular complexity index is 1030. The highest BCUT2D eigenvalue weighted by Crippen LogP contribution is 2.51. The van der Waals surface area contributed by atoms with Gasteiger partial charge in [0.1, 0.15) is 6.61 Å². The fourth-order valence-corrected chi connectivity index (χ4v) is 5.52. The van der Waals surface area contributed by atoms with Crippen LogP contribution in [0.3, 0.4) is 0 Å². The van der Waals surface area contributed by atoms with Gasteiger partial charge in [-0.15, -0.1) is 0 Å². The summed E-state index contributed by atoms with van der Waals surface area (Å²) in [5, 5.41) is 2.85. The predicted molar refractivity (Wildman–Crippen MR) is 119 cm³/mol. The van der Waals surface area contributed by atoms with E-state index < -0.39 is 5.92 Å². The average Bonchev–Trinajstić information content (AvgIpc) is 2.95. The number of carbonyl (C=O) groups is 2. The number of hydrogen-bond donors (Lipinski definition) is 1. The number of nitrogens with zero attached hydrogens (tertiary/aromatic N) is 4. The fraction of sp³-hybridized carbons (Fsp3) is 0.542. The monoisotopic (exact) mass is 435 g/mol. The van der Waals surface area contributed by atoms with Gasteiger partial charge in [-0.25, -0.2) is 15.0 Å². The number of carbonyl (C=O) groups excluding carboxylic acids is 2. The van der Waals surface area contributed by atoms with Crippen LogP contribution in [0.2, 0.25) is 0 Å². The second-order valence-electron chi connectivity index (χ2n) is 9.43. The summed E-state index contributed by atoms with van der Waals surface area (Å²) >= 11 is 0. The van der Waals surface area contributed by atoms with Gasteiger partial charge in [0.2, 0.25) is 11.7 Å². The zero-order chi connectivity index (χ0) is 22.3. The molecule has 1 atom stereocenters. The van der Waals surface area contributed by atoms with Crippen molar-refractivity contribution in [2.75, 3.05) is 25.1 Å². The van der Waals surface area contributed by atoms with Crippen LogP contribution in [0.25, 0.3) is 0 Å². The van der Waals surface area contributed by atoms with Crippen LogP contribution < -0.4 is 15.0 Å². The molecule has 0 spiro atoms. The van der Waals surface area contributed by atoms with Gasteiger partial charge in [0.05, 0.1) is 11.6 Å². The molecule has 3 fully saturated rings. The van der Waals surface area contributed by atoms with Crippen molar-refractivity contribution >= 4 is 17.6 Å². The van der Waals surface area contributed by atoms with Crippen molar-refractivity contribution in [2.45, 2.75) is 50.9 Å². The van der Waals surface area contributed by atoms with Crippen molar-refractivity contribution in [1.82, 2.24) is 20.3 Å². The van der Waals surface area contributed by atoms with Gasteiger partial charge in [0, 0.05) is 31.4 Å². The molecule has 168 valence electrons. The summed E-state index contributed by atoms with van der Waals surface area (Å²) in [7, 11) is 1.67. The number of fused-ring (bicyclic) bond motifs is 4. The summed E-state index contributed by atoms with van der Waals surface area (Å²) < 4.78 is 5.78. The van der Waals surface area contributed by atoms with Crippen LogP contribution in [0.5, 0.6) is 5.75 Å². The summed E-state index contributed by atoms with van der Waals surface area (Å²) in [6.07, 6.45) is 10.6. The SMILES string of the molecule is Cc1cnc(C(=O)NCC2COc3cccnc3N(C)C2=O)nc1C12CCC(CC1)CC2. The number of nitrogens with one attached hydrogen (secondary N) is 1. The molecule has 3 saturated carbocycles. The molecule has 32 heavy (non-hydrogen) atoms. The Labute approximate surface area is 187 Å². The Morgan fingerprint density at radius 1 is 1.25 bits per heavy atom. The summed E-state index contributed by atoms with van der Waals surface area (Å²) in [5.74, 6) is 1.06. The lowest BCUT2D eigenvalue weighted by molar-refractivity contribution is -0.122. The van der Waals surface area contributed by atoms with Crippen LogP contribution in [0.4, 0.5) is 5.82 Å². The highest BCUT2D eigenvalue weighted by Gasteiger charge is 2.43. The van der Waals surface area contributed by atoms with E-state index in [1.165, 1.54) is 24.2 Å². The van der Waals surface area contributed by atoms with Gasteiger partial charge >= 0.3 is 0 Å². The minimum atomic E-state index is -0.518. The van der Waals surface area contributed by atoms with E-state index in [1.807, 2.05) is 6.92 Å². The molecule has 0 saturated heterocycles. The van der Waals surface area contributed by atoms with Crippen LogP contribution in [-0.2, 0) is 10.2 Å². The van der Waals surface area contributed by atoms with Gasteiger partial charge in [-0.2, -0.15) is 0 Å². The van der Waals surface area contributed by atoms with Crippen molar-refractivity contribution in [1.29, 1.82) is 0 Å². The first-order valence-corrected chi connectivity index (χ1v) is 11.4. The lowest BCUT2D eigenvalue weighted by Crippen LogP contribution is -2.42. The minimum absolute atomic E-state index is 0.0867. The minimum Gasteiger partial charge on any atom is -0.489 e. The fourth-order valence-electron chi connectivity index (χ4n) is 5.52. The number of hydrogen-bond acceptors (Lipinski definition) is 6. The molecule has 2 aromatic heterocycles. The maximum atomic E-state index is 12.9. The molecule has 8 nitrogen and oxygen atoms in total. The Morgan fingerprint density at radius 3 is 2.75 bits per heavy atom. The highest BCUT2D eigenvalue weighted by atomic mass is 16.5. The molecule has 1 aliphatic heterocycles. The number of pyridine rings is 1. The molecule has 8 heteroatoms. The first kappa shape index (κ1) is 20.8. The third-order valence-electron chi connectivity index (χ3n) is 7.47. The number of aromatic nitrogens is 3. The van der Waals surface area contributed by atoms with Crippen molar-refractivity contribution in [3.05, 3.63) is 41.6 Å². The standard InChI is InChI=1S/C24H29N5O3/c1-15-12-26-20(28-19(15)24-8-5-16(6-9-24)7-10-24)22(30)27-13-17-14-32-18-4-3-11-25-21(18)29(2)23(17)31/h3-4,11-12,16-17H,5-10,13-14H2,1-2H3,(H,27,30). The van der Waals surface area contributed by atoms with Crippen LogP contribution >= 0.6 is 0 Å². The second kappa shape index (κ2) is 8.15. The number of amides is 2. The van der Waals surface area contributed by atoms with Crippen LogP contribution in [0.1, 0.15) is 60.4 Å². The third kappa shape index (κ3) is 3.61. The van der Waals surface area contributed by atoms with Gasteiger partial charge < -0.3 is 10.1 Å². The van der Waals surface area contributed by atoms with E-state index in [9.17, 15) is 9.59 Å². The summed E-state index contributed by atoms with van der Waals surface area (Å²) in [6, 6.07) is 3.55. The van der Waals surface area contributed by atoms with Crippen molar-refractivity contribution in [3.8, 4) is 5.75 Å². The van der Waals surface area contributed by atoms with E-state index in [2.05, 4.69) is 15.3 Å². The van der Waals surface area contributed by atoms with Crippen LogP contribution in [-0.4, -0.2) is 47.0 Å². The molecule has 3 heterocycles. The largest absolute Gasteiger partial charge is 0.489 e. The van der Waals surface area contributed by atoms with E-state index in [0.717, 1.165) is 36.4 Å². The number of ether oxygens (including phenoxy) is 1. The summed E-state index contributed by atoms with van der Waals surface area (Å²) in [6.45, 7) is 2.36. The van der Waals surface area contributed by atoms with Crippen LogP contribution in [0, 0.1) is 18.8 Å². The average molecular weight is 436 g/mol. The first-order valence-electron chi connectivity index (χ1n) is 11.4. The zero-order valence-corrected chi connectivity index (χ0v) is 18.6. The molecule has 1 N–H and O–H groups in total. The molecule has 0 aromatic carbocycles. The smallest absolute Gasteiger partial charge is 0.289 e. The quantitative estimate of drug-likeness (QED) is 0.793. The number of rotatable bonds is 4. The molecule has 6 rings (SSSR count). The molecular weight excluding hydrogens is 406 g/mol. The normalized spacial score (nSPS) is 26.8. The number of anilines is 1. The van der Waals surface area contributed by atoms with E-state index >= 15 is 0 Å². The van der Waals surface area contributed by atoms with Crippen molar-refractivity contribution < 1.29 is 14.3 Å². The van der Waals surface area contributed by atoms with Gasteiger partial charge in [-0.05, 0) is 69.1 Å². The van der Waals surface area contributed by atoms with E-state index in [0.29, 0.717) is 11.6 Å². The molecule has 3 aliphatic carbocycles. The van der Waals surface area contributed by atoms with Gasteiger partial charge in [-0.3, -0.25) is 14.5 Å². The molecule has 2 aromatic rings. The Balaban J connectivity index is 1.29. The summed E-state index contributed by atoms with van der Waals surface area (Å²) in [5.41, 5.74) is 2.18. The Morgan fingerprint density at radius 2 is 2.00 bits per heavy atom.